The largest absolute Gasteiger partial charge is 0.490 e. The molecule has 5 fully saturated rings. The lowest BCUT2D eigenvalue weighted by Gasteiger charge is -2.46. The molecule has 5 N–H and O–H groups in total. The molecule has 34 heteroatoms. The fourth-order valence-corrected chi connectivity index (χ4v) is 31.7. The van der Waals surface area contributed by atoms with Gasteiger partial charge in [-0.3, -0.25) is 42.8 Å². The molecule has 1 aromatic heterocycles. The summed E-state index contributed by atoms with van der Waals surface area (Å²) in [6.45, 7) is 20.8. The molecular formula is C116H149N13O18S3. The van der Waals surface area contributed by atoms with Crippen LogP contribution in [0, 0.1) is 80.0 Å². The third kappa shape index (κ3) is 23.5. The number of carbonyl (C=O) groups excluding carboxylic acids is 7. The van der Waals surface area contributed by atoms with Gasteiger partial charge in [-0.05, 0) is 297 Å². The molecule has 150 heavy (non-hydrogen) atoms. The van der Waals surface area contributed by atoms with Gasteiger partial charge in [0.1, 0.15) is 47.0 Å². The highest BCUT2D eigenvalue weighted by Gasteiger charge is 2.51. The SMILES string of the molecule is COC(=O)N1CC(NC(=O)NS2(=O)=NC(=O)c3ccc4c(c3)N(C[C@@H]3CC[C@H]3[C@@H](OC)/C=C/C[C@H](C)C2)C[C@@]2(CCCc3cc(C)ccc32)CO4)C1.CO[C@H]1/C=C/C[C@H](C)CS(=O)(NC(=O)C2CC(C)(O)C2)=NC(=O)c2ccc3c(c2)N(C[C@@H]2CC[C@H]21)C[C@@]1(CCCc2cc(C)ccc21)CO3.CO[C@H]1/C=C/C[C@H](C)CS(=O)(NC(=O)c2cnn(C)c2)=NC(=O)c2ccc3c(c2)N(C[C@@H]2CC[C@H]21)C[C@@]1(CCCc2cc(C)ccc21)CO3. The predicted octanol–water partition coefficient (Wildman–Crippen LogP) is 17.1. The average Bonchev–Trinajstić information content (AvgIpc) is 1.59. The van der Waals surface area contributed by atoms with E-state index in [1.165, 1.54) is 73.0 Å². The van der Waals surface area contributed by atoms with Gasteiger partial charge in [0.15, 0.2) is 0 Å². The van der Waals surface area contributed by atoms with Crippen LogP contribution in [0.4, 0.5) is 26.7 Å². The Morgan fingerprint density at radius 1 is 0.473 bits per heavy atom. The van der Waals surface area contributed by atoms with Crippen molar-refractivity contribution >= 4 is 88.5 Å². The monoisotopic (exact) mass is 2110 g/mol. The van der Waals surface area contributed by atoms with Crippen LogP contribution in [0.1, 0.15) is 228 Å². The van der Waals surface area contributed by atoms with E-state index in [1.807, 2.05) is 57.2 Å². The Kier molecular flexibility index (Phi) is 31.7. The molecule has 31 nitrogen and oxygen atoms in total. The van der Waals surface area contributed by atoms with Crippen LogP contribution in [0.15, 0.2) is 171 Å². The molecule has 8 heterocycles. The second kappa shape index (κ2) is 44.4. The number of nitrogens with zero attached hydrogens (tertiary/aromatic N) is 9. The van der Waals surface area contributed by atoms with E-state index in [2.05, 4.69) is 164 Å². The molecule has 1 saturated heterocycles. The van der Waals surface area contributed by atoms with E-state index in [0.717, 1.165) is 164 Å². The van der Waals surface area contributed by atoms with Crippen molar-refractivity contribution in [2.45, 2.75) is 223 Å². The Morgan fingerprint density at radius 3 is 1.17 bits per heavy atom. The first-order chi connectivity index (χ1) is 71.9. The zero-order valence-electron chi connectivity index (χ0n) is 88.8. The topological polar surface area (TPSA) is 372 Å². The van der Waals surface area contributed by atoms with Crippen molar-refractivity contribution in [3.8, 4) is 17.2 Å². The van der Waals surface area contributed by atoms with Crippen LogP contribution in [0.25, 0.3) is 0 Å². The third-order valence-electron chi connectivity index (χ3n) is 34.2. The van der Waals surface area contributed by atoms with Crippen molar-refractivity contribution in [2.24, 2.45) is 79.3 Å². The molecule has 4 saturated carbocycles. The maximum atomic E-state index is 14.4. The number of rotatable bonds is 9. The van der Waals surface area contributed by atoms with Crippen molar-refractivity contribution in [2.75, 3.05) is 133 Å². The van der Waals surface area contributed by atoms with Gasteiger partial charge in [0.25, 0.3) is 23.6 Å². The van der Waals surface area contributed by atoms with Gasteiger partial charge in [-0.1, -0.05) is 129 Å². The summed E-state index contributed by atoms with van der Waals surface area (Å²) in [4.78, 5) is 102. The average molecular weight is 2110 g/mol. The zero-order valence-corrected chi connectivity index (χ0v) is 91.2. The maximum absolute atomic E-state index is 14.4. The van der Waals surface area contributed by atoms with Crippen molar-refractivity contribution in [1.29, 1.82) is 0 Å². The highest BCUT2D eigenvalue weighted by molar-refractivity contribution is 7.93. The Labute approximate surface area is 884 Å². The number of anilines is 3. The second-order valence-electron chi connectivity index (χ2n) is 46.0. The number of nitrogens with one attached hydrogen (secondary N) is 4. The van der Waals surface area contributed by atoms with E-state index in [4.69, 9.17) is 33.2 Å². The van der Waals surface area contributed by atoms with Crippen LogP contribution in [0.2, 0.25) is 0 Å². The summed E-state index contributed by atoms with van der Waals surface area (Å²) in [5.74, 6) is 0.623. The van der Waals surface area contributed by atoms with E-state index in [-0.39, 0.29) is 113 Å². The molecule has 14 aliphatic rings. The van der Waals surface area contributed by atoms with Crippen molar-refractivity contribution in [3.05, 3.63) is 230 Å². The summed E-state index contributed by atoms with van der Waals surface area (Å²) >= 11 is 0. The van der Waals surface area contributed by atoms with Crippen LogP contribution >= 0.6 is 0 Å². The summed E-state index contributed by atoms with van der Waals surface area (Å²) in [6, 6.07) is 35.5. The van der Waals surface area contributed by atoms with Crippen LogP contribution < -0.4 is 48.4 Å². The van der Waals surface area contributed by atoms with E-state index >= 15 is 0 Å². The zero-order chi connectivity index (χ0) is 106. The lowest BCUT2D eigenvalue weighted by molar-refractivity contribution is -0.137. The highest BCUT2D eigenvalue weighted by Crippen LogP contribution is 2.53. The van der Waals surface area contributed by atoms with Gasteiger partial charge in [-0.25, -0.2) is 22.2 Å². The van der Waals surface area contributed by atoms with Gasteiger partial charge in [0, 0.05) is 126 Å². The van der Waals surface area contributed by atoms with E-state index in [0.29, 0.717) is 91.5 Å². The first-order valence-corrected chi connectivity index (χ1v) is 59.0. The number of allylic oxidation sites excluding steroid dienone is 3. The third-order valence-corrected chi connectivity index (χ3v) is 40.2. The summed E-state index contributed by atoms with van der Waals surface area (Å²) in [6.07, 6.45) is 33.3. The number of hydrogen-bond donors (Lipinski definition) is 5. The number of carbonyl (C=O) groups is 7. The van der Waals surface area contributed by atoms with E-state index < -0.39 is 82.9 Å². The number of likely N-dealkylation sites (tertiary alicyclic amines) is 1. The number of ether oxygens (including phenoxy) is 7. The van der Waals surface area contributed by atoms with Crippen molar-refractivity contribution < 1.29 is 84.5 Å². The molecule has 7 aliphatic heterocycles. The quantitative estimate of drug-likeness (QED) is 0.0838. The van der Waals surface area contributed by atoms with Crippen LogP contribution in [-0.4, -0.2) is 222 Å². The van der Waals surface area contributed by atoms with Gasteiger partial charge in [-0.15, -0.1) is 13.1 Å². The van der Waals surface area contributed by atoms with Gasteiger partial charge in [-0.2, -0.15) is 5.10 Å². The number of methoxy groups -OCH3 is 4. The number of urea groups is 1. The number of benzene rings is 6. The molecule has 804 valence electrons. The normalized spacial score (nSPS) is 32.6. The number of aliphatic hydroxyl groups is 1. The molecule has 7 aliphatic carbocycles. The van der Waals surface area contributed by atoms with E-state index in [1.54, 1.807) is 59.7 Å². The lowest BCUT2D eigenvalue weighted by Crippen LogP contribution is -2.62. The first kappa shape index (κ1) is 107. The molecular weight excluding hydrogens is 1960 g/mol. The second-order valence-corrected chi connectivity index (χ2v) is 52.0. The van der Waals surface area contributed by atoms with Crippen molar-refractivity contribution in [3.63, 3.8) is 0 Å². The first-order valence-electron chi connectivity index (χ1n) is 54.0. The minimum atomic E-state index is -3.56. The van der Waals surface area contributed by atoms with Gasteiger partial charge >= 0.3 is 12.1 Å². The number of amides is 8. The maximum Gasteiger partial charge on any atom is 0.409 e. The number of aromatic nitrogens is 2. The fourth-order valence-electron chi connectivity index (χ4n) is 26.0. The number of fused-ring (bicyclic) bond motifs is 12. The van der Waals surface area contributed by atoms with Gasteiger partial charge in [0.2, 0.25) is 5.91 Å². The summed E-state index contributed by atoms with van der Waals surface area (Å²) in [5, 5.41) is 17.0. The summed E-state index contributed by atoms with van der Waals surface area (Å²) < 4.78 is 108. The van der Waals surface area contributed by atoms with Crippen LogP contribution in [0.5, 0.6) is 17.2 Å². The molecule has 21 rings (SSSR count). The number of hydrogen-bond acceptors (Lipinski definition) is 22. The Bertz CT molecular complexity index is 6810. The number of aryl methyl sites for hydroxylation is 7. The minimum absolute atomic E-state index is 0.0143. The molecule has 6 aromatic carbocycles. The molecule has 18 atom stereocenters. The molecule has 6 bridgehead atoms. The van der Waals surface area contributed by atoms with Gasteiger partial charge in [0.05, 0.1) is 103 Å². The lowest BCUT2D eigenvalue weighted by atomic mass is 9.68. The highest BCUT2D eigenvalue weighted by atomic mass is 32.2. The Balaban J connectivity index is 0.000000141. The molecule has 8 amide bonds. The fraction of sp³-hybridized carbons (Fsp3) is 0.552. The predicted molar refractivity (Wildman–Crippen MR) is 581 cm³/mol. The molecule has 0 radical (unpaired) electrons. The smallest absolute Gasteiger partial charge is 0.409 e. The van der Waals surface area contributed by atoms with Crippen LogP contribution in [0.3, 0.4) is 0 Å². The Morgan fingerprint density at radius 2 is 0.840 bits per heavy atom. The van der Waals surface area contributed by atoms with Crippen molar-refractivity contribution in [1.82, 2.24) is 34.2 Å². The molecule has 3 unspecified atom stereocenters. The Hall–Kier alpha value is -11.3. The van der Waals surface area contributed by atoms with Crippen LogP contribution in [-0.2, 0) is 96.0 Å². The summed E-state index contributed by atoms with van der Waals surface area (Å²) in [7, 11) is -2.22. The minimum Gasteiger partial charge on any atom is -0.490 e. The summed E-state index contributed by atoms with van der Waals surface area (Å²) in [5.41, 5.74) is 14.2. The van der Waals surface area contributed by atoms with E-state index in [9.17, 15) is 51.3 Å². The van der Waals surface area contributed by atoms with Gasteiger partial charge < -0.3 is 63.2 Å². The standard InChI is InChI=1S/C39H51N5O7S.C39H51N3O6S.C38H47N5O5S/c1-25-10-14-32-27(17-25)8-6-16-39(32)23-44-19-29-11-13-31(29)34(49-3)9-5-7-26(2)22-52(48,42-37(46)40-30-20-43(21-30)38(47)50-4)41-36(45)28-12-15-35(51-24-39)33(44)18-28;1-25-10-14-32-27(17-25)8-6-16-39(32)23-42-21-29-11-13-31(29)34(47-4)9-5-7-26(2)22-49(46,41-37(44)30-19-38(3,45)20-30)40-36(43)28-12-15-35(48-24-39)33(42)18-28;1-25-10-14-32-27(17-25)8-6-16-38(32)23-43-21-29-11-13-31(29)34(47-4)9-5-7-26(2)22-49(46,41-37(45)30-19-39-42(3)20-30)40-36(44)28-12-15-35(48-24-38)33(43)18-28/h5,9-10,12,14-15,17-18,26,29-31,34H,6-8,11,13,16,19-24H2,1-4H3,(H2,40,41,42,45,46,48);5,9-10,12,14-15,17-18,26,29-31,34,45H,6-8,11,13,16,19-24H2,1-4H3,(H,40,41,43,44,46);5,9-10,12,14-15,17-20,26,29,31,34H,6-8,11,13,16,21-24H2,1-4H3,(H,40,41,44,45,46)/b3*9-5+/t26-,29-,31+,34-,39-,52?;26-,29-,30?,31+,34-,38?,39-,49?;26-,29-,31+,34-,38-,49?/m000/s1. The molecule has 7 aromatic rings. The molecule has 3 spiro atoms.